The Balaban J connectivity index is 2.24. The summed E-state index contributed by atoms with van der Waals surface area (Å²) >= 11 is 0. The fourth-order valence-corrected chi connectivity index (χ4v) is 2.62. The van der Waals surface area contributed by atoms with Gasteiger partial charge in [-0.1, -0.05) is 24.3 Å². The maximum absolute atomic E-state index is 11.1. The van der Waals surface area contributed by atoms with Gasteiger partial charge in [0.2, 0.25) is 0 Å². The zero-order valence-electron chi connectivity index (χ0n) is 10.7. The largest absolute Gasteiger partial charge is 0.480 e. The Morgan fingerprint density at radius 3 is 2.61 bits per heavy atom. The minimum Gasteiger partial charge on any atom is -0.480 e. The highest BCUT2D eigenvalue weighted by molar-refractivity contribution is 5.75. The molecule has 1 atom stereocenters. The maximum Gasteiger partial charge on any atom is 0.325 e. The molecule has 1 fully saturated rings. The van der Waals surface area contributed by atoms with E-state index < -0.39 is 12.0 Å². The highest BCUT2D eigenvalue weighted by Crippen LogP contribution is 2.32. The van der Waals surface area contributed by atoms with Gasteiger partial charge in [-0.2, -0.15) is 0 Å². The average Bonchev–Trinajstić information content (AvgIpc) is 2.39. The van der Waals surface area contributed by atoms with Crippen molar-refractivity contribution in [3.63, 3.8) is 0 Å². The molecule has 0 aromatic heterocycles. The monoisotopic (exact) mass is 248 g/mol. The van der Waals surface area contributed by atoms with Crippen molar-refractivity contribution in [1.82, 2.24) is 4.90 Å². The Bertz CT molecular complexity index is 426. The van der Waals surface area contributed by atoms with Crippen LogP contribution in [0, 0.1) is 0 Å². The van der Waals surface area contributed by atoms with Crippen molar-refractivity contribution in [2.75, 3.05) is 20.1 Å². The van der Waals surface area contributed by atoms with E-state index in [4.69, 9.17) is 10.8 Å². The normalized spacial score (nSPS) is 19.7. The molecular weight excluding hydrogens is 228 g/mol. The number of hydrogen-bond acceptors (Lipinski definition) is 3. The molecule has 1 aliphatic heterocycles. The first kappa shape index (κ1) is 13.1. The smallest absolute Gasteiger partial charge is 0.325 e. The first-order chi connectivity index (χ1) is 8.59. The molecule has 0 amide bonds. The van der Waals surface area contributed by atoms with Crippen LogP contribution in [-0.2, 0) is 4.79 Å². The SMILES string of the molecule is CN1CCC(c2ccccc2C(N)C(=O)O)CC1. The topological polar surface area (TPSA) is 66.6 Å². The summed E-state index contributed by atoms with van der Waals surface area (Å²) in [5.41, 5.74) is 7.64. The second kappa shape index (κ2) is 5.50. The number of nitrogens with zero attached hydrogens (tertiary/aromatic N) is 1. The molecule has 0 radical (unpaired) electrons. The lowest BCUT2D eigenvalue weighted by Crippen LogP contribution is -2.30. The van der Waals surface area contributed by atoms with Crippen LogP contribution in [0.3, 0.4) is 0 Å². The van der Waals surface area contributed by atoms with E-state index in [2.05, 4.69) is 11.9 Å². The predicted molar refractivity (Wildman–Crippen MR) is 70.5 cm³/mol. The summed E-state index contributed by atoms with van der Waals surface area (Å²) in [6.07, 6.45) is 2.14. The van der Waals surface area contributed by atoms with Gasteiger partial charge < -0.3 is 15.7 Å². The Labute approximate surface area is 107 Å². The van der Waals surface area contributed by atoms with Crippen LogP contribution >= 0.6 is 0 Å². The molecule has 1 heterocycles. The number of benzene rings is 1. The average molecular weight is 248 g/mol. The molecule has 0 saturated carbocycles. The van der Waals surface area contributed by atoms with Gasteiger partial charge in [-0.05, 0) is 50.0 Å². The van der Waals surface area contributed by atoms with Crippen molar-refractivity contribution < 1.29 is 9.90 Å². The van der Waals surface area contributed by atoms with E-state index >= 15 is 0 Å². The van der Waals surface area contributed by atoms with Gasteiger partial charge in [0.1, 0.15) is 6.04 Å². The third kappa shape index (κ3) is 2.71. The molecule has 1 unspecified atom stereocenters. The van der Waals surface area contributed by atoms with Gasteiger partial charge >= 0.3 is 5.97 Å². The van der Waals surface area contributed by atoms with Crippen LogP contribution in [0.25, 0.3) is 0 Å². The number of nitrogens with two attached hydrogens (primary N) is 1. The van der Waals surface area contributed by atoms with Crippen LogP contribution in [0.15, 0.2) is 24.3 Å². The number of aliphatic carboxylic acids is 1. The summed E-state index contributed by atoms with van der Waals surface area (Å²) in [6.45, 7) is 2.11. The summed E-state index contributed by atoms with van der Waals surface area (Å²) < 4.78 is 0. The van der Waals surface area contributed by atoms with Crippen LogP contribution in [0.4, 0.5) is 0 Å². The zero-order chi connectivity index (χ0) is 13.1. The van der Waals surface area contributed by atoms with Crippen molar-refractivity contribution in [3.05, 3.63) is 35.4 Å². The van der Waals surface area contributed by atoms with Crippen LogP contribution < -0.4 is 5.73 Å². The molecule has 4 heteroatoms. The molecule has 3 N–H and O–H groups in total. The summed E-state index contributed by atoms with van der Waals surface area (Å²) in [5.74, 6) is -0.529. The summed E-state index contributed by atoms with van der Waals surface area (Å²) in [4.78, 5) is 13.4. The van der Waals surface area contributed by atoms with Crippen LogP contribution in [0.5, 0.6) is 0 Å². The minimum atomic E-state index is -0.963. The predicted octanol–water partition coefficient (Wildman–Crippen LogP) is 1.58. The van der Waals surface area contributed by atoms with E-state index in [9.17, 15) is 4.79 Å². The number of carboxylic acid groups (broad SMARTS) is 1. The standard InChI is InChI=1S/C14H20N2O2/c1-16-8-6-10(7-9-16)11-4-2-3-5-12(11)13(15)14(17)18/h2-5,10,13H,6-9,15H2,1H3,(H,17,18). The Hall–Kier alpha value is -1.39. The second-order valence-electron chi connectivity index (χ2n) is 5.02. The molecule has 4 nitrogen and oxygen atoms in total. The van der Waals surface area contributed by atoms with E-state index in [1.807, 2.05) is 24.3 Å². The van der Waals surface area contributed by atoms with E-state index in [1.54, 1.807) is 0 Å². The molecule has 1 aromatic carbocycles. The number of carboxylic acids is 1. The van der Waals surface area contributed by atoms with E-state index in [0.717, 1.165) is 37.1 Å². The fraction of sp³-hybridized carbons (Fsp3) is 0.500. The molecule has 0 spiro atoms. The minimum absolute atomic E-state index is 0.433. The van der Waals surface area contributed by atoms with Crippen LogP contribution in [0.2, 0.25) is 0 Å². The number of carbonyl (C=O) groups is 1. The van der Waals surface area contributed by atoms with Crippen molar-refractivity contribution in [3.8, 4) is 0 Å². The van der Waals surface area contributed by atoms with Gasteiger partial charge in [0.15, 0.2) is 0 Å². The third-order valence-corrected chi connectivity index (χ3v) is 3.76. The van der Waals surface area contributed by atoms with Crippen molar-refractivity contribution in [1.29, 1.82) is 0 Å². The highest BCUT2D eigenvalue weighted by Gasteiger charge is 2.24. The van der Waals surface area contributed by atoms with Gasteiger partial charge in [0, 0.05) is 0 Å². The Morgan fingerprint density at radius 1 is 1.39 bits per heavy atom. The molecular formula is C14H20N2O2. The van der Waals surface area contributed by atoms with E-state index in [1.165, 1.54) is 0 Å². The van der Waals surface area contributed by atoms with Gasteiger partial charge in [0.05, 0.1) is 0 Å². The molecule has 2 rings (SSSR count). The number of hydrogen-bond donors (Lipinski definition) is 2. The molecule has 1 aromatic rings. The number of piperidine rings is 1. The first-order valence-electron chi connectivity index (χ1n) is 6.35. The maximum atomic E-state index is 11.1. The summed E-state index contributed by atoms with van der Waals surface area (Å²) in [6, 6.07) is 6.77. The van der Waals surface area contributed by atoms with Gasteiger partial charge in [0.25, 0.3) is 0 Å². The van der Waals surface area contributed by atoms with Crippen molar-refractivity contribution in [2.45, 2.75) is 24.8 Å². The third-order valence-electron chi connectivity index (χ3n) is 3.76. The Morgan fingerprint density at radius 2 is 2.00 bits per heavy atom. The zero-order valence-corrected chi connectivity index (χ0v) is 10.7. The summed E-state index contributed by atoms with van der Waals surface area (Å²) in [7, 11) is 2.12. The lowest BCUT2D eigenvalue weighted by Gasteiger charge is -2.30. The van der Waals surface area contributed by atoms with E-state index in [0.29, 0.717) is 5.92 Å². The quantitative estimate of drug-likeness (QED) is 0.852. The summed E-state index contributed by atoms with van der Waals surface area (Å²) in [5, 5.41) is 9.07. The van der Waals surface area contributed by atoms with Gasteiger partial charge in [-0.25, -0.2) is 0 Å². The number of likely N-dealkylation sites (tertiary alicyclic amines) is 1. The van der Waals surface area contributed by atoms with Gasteiger partial charge in [-0.3, -0.25) is 4.79 Å². The number of rotatable bonds is 3. The van der Waals surface area contributed by atoms with Crippen LogP contribution in [-0.4, -0.2) is 36.1 Å². The molecule has 0 aliphatic carbocycles. The van der Waals surface area contributed by atoms with Gasteiger partial charge in [-0.15, -0.1) is 0 Å². The van der Waals surface area contributed by atoms with E-state index in [-0.39, 0.29) is 0 Å². The van der Waals surface area contributed by atoms with Crippen LogP contribution in [0.1, 0.15) is 35.9 Å². The van der Waals surface area contributed by atoms with Crippen molar-refractivity contribution in [2.24, 2.45) is 5.73 Å². The fourth-order valence-electron chi connectivity index (χ4n) is 2.62. The molecule has 1 aliphatic rings. The lowest BCUT2D eigenvalue weighted by molar-refractivity contribution is -0.138. The molecule has 18 heavy (non-hydrogen) atoms. The Kier molecular flexibility index (Phi) is 3.99. The molecule has 98 valence electrons. The molecule has 1 saturated heterocycles. The highest BCUT2D eigenvalue weighted by atomic mass is 16.4. The first-order valence-corrected chi connectivity index (χ1v) is 6.35. The van der Waals surface area contributed by atoms with Crippen molar-refractivity contribution >= 4 is 5.97 Å². The molecule has 0 bridgehead atoms. The lowest BCUT2D eigenvalue weighted by atomic mass is 9.85. The second-order valence-corrected chi connectivity index (χ2v) is 5.02.